The Bertz CT molecular complexity index is 561. The SMILES string of the molecule is Cc1ccccc1CN1CCC(NC(=O)NC2CCN(C)CC2)CC1. The third-order valence-corrected chi connectivity index (χ3v) is 5.63. The number of piperidine rings is 2. The summed E-state index contributed by atoms with van der Waals surface area (Å²) in [5.74, 6) is 0. The van der Waals surface area contributed by atoms with Crippen LogP contribution in [0, 0.1) is 6.92 Å². The molecule has 0 spiro atoms. The number of aryl methyl sites for hydroxylation is 1. The van der Waals surface area contributed by atoms with Gasteiger partial charge >= 0.3 is 6.03 Å². The first-order chi connectivity index (χ1) is 12.1. The molecule has 2 heterocycles. The highest BCUT2D eigenvalue weighted by atomic mass is 16.2. The molecule has 0 aromatic heterocycles. The second kappa shape index (κ2) is 8.68. The largest absolute Gasteiger partial charge is 0.335 e. The molecular formula is C20H32N4O. The lowest BCUT2D eigenvalue weighted by molar-refractivity contribution is 0.181. The van der Waals surface area contributed by atoms with Crippen molar-refractivity contribution in [2.24, 2.45) is 0 Å². The summed E-state index contributed by atoms with van der Waals surface area (Å²) in [4.78, 5) is 17.0. The van der Waals surface area contributed by atoms with Crippen molar-refractivity contribution in [3.05, 3.63) is 35.4 Å². The van der Waals surface area contributed by atoms with Gasteiger partial charge in [0, 0.05) is 31.7 Å². The molecule has 5 nitrogen and oxygen atoms in total. The molecule has 0 unspecified atom stereocenters. The minimum Gasteiger partial charge on any atom is -0.335 e. The van der Waals surface area contributed by atoms with Gasteiger partial charge in [-0.25, -0.2) is 4.79 Å². The Hall–Kier alpha value is -1.59. The van der Waals surface area contributed by atoms with Gasteiger partial charge in [0.2, 0.25) is 0 Å². The first-order valence-corrected chi connectivity index (χ1v) is 9.62. The fraction of sp³-hybridized carbons (Fsp3) is 0.650. The van der Waals surface area contributed by atoms with Crippen molar-refractivity contribution < 1.29 is 4.79 Å². The molecule has 3 rings (SSSR count). The van der Waals surface area contributed by atoms with Crippen LogP contribution in [0.5, 0.6) is 0 Å². The molecule has 2 saturated heterocycles. The molecule has 2 amide bonds. The number of carbonyl (C=O) groups excluding carboxylic acids is 1. The van der Waals surface area contributed by atoms with Crippen molar-refractivity contribution >= 4 is 6.03 Å². The van der Waals surface area contributed by atoms with E-state index >= 15 is 0 Å². The number of rotatable bonds is 4. The quantitative estimate of drug-likeness (QED) is 0.881. The highest BCUT2D eigenvalue weighted by molar-refractivity contribution is 5.74. The van der Waals surface area contributed by atoms with Crippen LogP contribution >= 0.6 is 0 Å². The lowest BCUT2D eigenvalue weighted by atomic mass is 10.0. The molecule has 2 fully saturated rings. The number of amides is 2. The van der Waals surface area contributed by atoms with E-state index in [1.165, 1.54) is 11.1 Å². The minimum absolute atomic E-state index is 0.0203. The van der Waals surface area contributed by atoms with Crippen LogP contribution < -0.4 is 10.6 Å². The van der Waals surface area contributed by atoms with Crippen molar-refractivity contribution in [2.45, 2.75) is 51.2 Å². The van der Waals surface area contributed by atoms with Crippen LogP contribution in [0.4, 0.5) is 4.79 Å². The van der Waals surface area contributed by atoms with E-state index in [4.69, 9.17) is 0 Å². The van der Waals surface area contributed by atoms with E-state index in [-0.39, 0.29) is 6.03 Å². The summed E-state index contributed by atoms with van der Waals surface area (Å²) in [6.45, 7) is 7.43. The fourth-order valence-corrected chi connectivity index (χ4v) is 3.83. The number of nitrogens with zero attached hydrogens (tertiary/aromatic N) is 2. The molecule has 2 aliphatic heterocycles. The molecule has 0 aliphatic carbocycles. The van der Waals surface area contributed by atoms with Crippen molar-refractivity contribution in [3.8, 4) is 0 Å². The highest BCUT2D eigenvalue weighted by Crippen LogP contribution is 2.16. The van der Waals surface area contributed by atoms with Crippen LogP contribution in [0.1, 0.15) is 36.8 Å². The molecule has 0 bridgehead atoms. The monoisotopic (exact) mass is 344 g/mol. The number of nitrogens with one attached hydrogen (secondary N) is 2. The Morgan fingerprint density at radius 2 is 1.56 bits per heavy atom. The van der Waals surface area contributed by atoms with Crippen LogP contribution in [-0.2, 0) is 6.54 Å². The maximum Gasteiger partial charge on any atom is 0.315 e. The van der Waals surface area contributed by atoms with E-state index in [1.54, 1.807) is 0 Å². The van der Waals surface area contributed by atoms with Gasteiger partial charge in [0.15, 0.2) is 0 Å². The summed E-state index contributed by atoms with van der Waals surface area (Å²) in [6.07, 6.45) is 4.18. The van der Waals surface area contributed by atoms with Crippen molar-refractivity contribution in [1.29, 1.82) is 0 Å². The van der Waals surface area contributed by atoms with Gasteiger partial charge in [0.1, 0.15) is 0 Å². The summed E-state index contributed by atoms with van der Waals surface area (Å²) >= 11 is 0. The maximum atomic E-state index is 12.2. The lowest BCUT2D eigenvalue weighted by Gasteiger charge is -2.34. The minimum atomic E-state index is 0.0203. The normalized spacial score (nSPS) is 21.2. The summed E-state index contributed by atoms with van der Waals surface area (Å²) in [7, 11) is 2.14. The van der Waals surface area contributed by atoms with Gasteiger partial charge in [-0.3, -0.25) is 4.90 Å². The van der Waals surface area contributed by atoms with Crippen LogP contribution in [0.15, 0.2) is 24.3 Å². The average Bonchev–Trinajstić information content (AvgIpc) is 2.61. The summed E-state index contributed by atoms with van der Waals surface area (Å²) in [6, 6.07) is 9.26. The molecule has 25 heavy (non-hydrogen) atoms. The summed E-state index contributed by atoms with van der Waals surface area (Å²) in [5.41, 5.74) is 2.77. The molecule has 2 N–H and O–H groups in total. The number of hydrogen-bond acceptors (Lipinski definition) is 3. The van der Waals surface area contributed by atoms with Crippen molar-refractivity contribution in [3.63, 3.8) is 0 Å². The molecule has 0 atom stereocenters. The Morgan fingerprint density at radius 3 is 2.16 bits per heavy atom. The van der Waals surface area contributed by atoms with E-state index in [0.717, 1.165) is 58.4 Å². The first-order valence-electron chi connectivity index (χ1n) is 9.62. The third kappa shape index (κ3) is 5.44. The number of benzene rings is 1. The van der Waals surface area contributed by atoms with Crippen LogP contribution in [-0.4, -0.2) is 61.1 Å². The van der Waals surface area contributed by atoms with Crippen LogP contribution in [0.2, 0.25) is 0 Å². The smallest absolute Gasteiger partial charge is 0.315 e. The van der Waals surface area contributed by atoms with Crippen molar-refractivity contribution in [1.82, 2.24) is 20.4 Å². The number of likely N-dealkylation sites (tertiary alicyclic amines) is 2. The Kier molecular flexibility index (Phi) is 6.32. The molecule has 2 aliphatic rings. The van der Waals surface area contributed by atoms with Gasteiger partial charge in [0.05, 0.1) is 0 Å². The molecule has 1 aromatic rings. The first kappa shape index (κ1) is 18.2. The zero-order chi connectivity index (χ0) is 17.6. The fourth-order valence-electron chi connectivity index (χ4n) is 3.83. The Labute approximate surface area is 151 Å². The van der Waals surface area contributed by atoms with Crippen molar-refractivity contribution in [2.75, 3.05) is 33.2 Å². The van der Waals surface area contributed by atoms with Gasteiger partial charge in [0.25, 0.3) is 0 Å². The third-order valence-electron chi connectivity index (χ3n) is 5.63. The van der Waals surface area contributed by atoms with Gasteiger partial charge in [-0.1, -0.05) is 24.3 Å². The summed E-state index contributed by atoms with van der Waals surface area (Å²) < 4.78 is 0. The summed E-state index contributed by atoms with van der Waals surface area (Å²) in [5, 5.41) is 6.34. The van der Waals surface area contributed by atoms with E-state index < -0.39 is 0 Å². The predicted octanol–water partition coefficient (Wildman–Crippen LogP) is 2.35. The Balaban J connectivity index is 1.37. The molecular weight excluding hydrogens is 312 g/mol. The number of carbonyl (C=O) groups is 1. The second-order valence-corrected chi connectivity index (χ2v) is 7.67. The molecule has 0 saturated carbocycles. The number of urea groups is 1. The van der Waals surface area contributed by atoms with Gasteiger partial charge < -0.3 is 15.5 Å². The molecule has 138 valence electrons. The average molecular weight is 345 g/mol. The topological polar surface area (TPSA) is 47.6 Å². The van der Waals surface area contributed by atoms with E-state index in [9.17, 15) is 4.79 Å². The molecule has 0 radical (unpaired) electrons. The second-order valence-electron chi connectivity index (χ2n) is 7.67. The van der Waals surface area contributed by atoms with Gasteiger partial charge in [-0.2, -0.15) is 0 Å². The molecule has 5 heteroatoms. The van der Waals surface area contributed by atoms with E-state index in [0.29, 0.717) is 12.1 Å². The maximum absolute atomic E-state index is 12.2. The Morgan fingerprint density at radius 1 is 1.00 bits per heavy atom. The van der Waals surface area contributed by atoms with Gasteiger partial charge in [-0.15, -0.1) is 0 Å². The van der Waals surface area contributed by atoms with Gasteiger partial charge in [-0.05, 0) is 63.9 Å². The lowest BCUT2D eigenvalue weighted by Crippen LogP contribution is -2.51. The zero-order valence-corrected chi connectivity index (χ0v) is 15.6. The van der Waals surface area contributed by atoms with E-state index in [2.05, 4.69) is 58.7 Å². The van der Waals surface area contributed by atoms with Crippen LogP contribution in [0.3, 0.4) is 0 Å². The van der Waals surface area contributed by atoms with Crippen LogP contribution in [0.25, 0.3) is 0 Å². The standard InChI is InChI=1S/C20H32N4O/c1-16-5-3-4-6-17(16)15-24-13-9-19(10-14-24)22-20(25)21-18-7-11-23(2)12-8-18/h3-6,18-19H,7-15H2,1-2H3,(H2,21,22,25). The highest BCUT2D eigenvalue weighted by Gasteiger charge is 2.23. The predicted molar refractivity (Wildman–Crippen MR) is 102 cm³/mol. The zero-order valence-electron chi connectivity index (χ0n) is 15.6. The molecule has 1 aromatic carbocycles. The number of hydrogen-bond donors (Lipinski definition) is 2. The van der Waals surface area contributed by atoms with E-state index in [1.807, 2.05) is 0 Å².